The molecule has 0 saturated carbocycles. The number of aromatic nitrogens is 1. The van der Waals surface area contributed by atoms with Crippen molar-refractivity contribution in [1.29, 1.82) is 0 Å². The second kappa shape index (κ2) is 7.36. The van der Waals surface area contributed by atoms with E-state index in [0.717, 1.165) is 11.4 Å². The Morgan fingerprint density at radius 3 is 2.24 bits per heavy atom. The van der Waals surface area contributed by atoms with E-state index in [9.17, 15) is 8.42 Å². The van der Waals surface area contributed by atoms with Gasteiger partial charge in [0.15, 0.2) is 0 Å². The summed E-state index contributed by atoms with van der Waals surface area (Å²) in [6.45, 7) is 2.38. The summed E-state index contributed by atoms with van der Waals surface area (Å²) in [6, 6.07) is 19.8. The molecule has 2 aromatic carbocycles. The molecular weight excluding hydrogens is 334 g/mol. The van der Waals surface area contributed by atoms with Gasteiger partial charge in [0.25, 0.3) is 10.0 Å². The SMILES string of the molecule is Cc1ccccc1S(=O)(=O)Nc1ccc(NCc2ccccn2)cc1. The summed E-state index contributed by atoms with van der Waals surface area (Å²) >= 11 is 0. The van der Waals surface area contributed by atoms with E-state index < -0.39 is 10.0 Å². The van der Waals surface area contributed by atoms with Crippen LogP contribution in [0.2, 0.25) is 0 Å². The van der Waals surface area contributed by atoms with Gasteiger partial charge < -0.3 is 5.32 Å². The monoisotopic (exact) mass is 353 g/mol. The molecule has 0 aliphatic heterocycles. The van der Waals surface area contributed by atoms with Crippen LogP contribution in [0, 0.1) is 6.92 Å². The number of nitrogens with zero attached hydrogens (tertiary/aromatic N) is 1. The summed E-state index contributed by atoms with van der Waals surface area (Å²) in [4.78, 5) is 4.53. The molecule has 0 aliphatic carbocycles. The van der Waals surface area contributed by atoms with Gasteiger partial charge in [0.1, 0.15) is 0 Å². The molecule has 3 aromatic rings. The van der Waals surface area contributed by atoms with Crippen molar-refractivity contribution in [2.75, 3.05) is 10.0 Å². The molecule has 0 fully saturated rings. The smallest absolute Gasteiger partial charge is 0.262 e. The Kier molecular flexibility index (Phi) is 5.00. The van der Waals surface area contributed by atoms with Crippen LogP contribution in [0.3, 0.4) is 0 Å². The molecule has 3 rings (SSSR count). The zero-order valence-corrected chi connectivity index (χ0v) is 14.6. The Balaban J connectivity index is 1.67. The molecule has 0 spiro atoms. The lowest BCUT2D eigenvalue weighted by Crippen LogP contribution is -2.14. The van der Waals surface area contributed by atoms with Crippen LogP contribution in [0.4, 0.5) is 11.4 Å². The van der Waals surface area contributed by atoms with Crippen molar-refractivity contribution in [3.8, 4) is 0 Å². The molecule has 0 radical (unpaired) electrons. The fourth-order valence-electron chi connectivity index (χ4n) is 2.42. The zero-order valence-electron chi connectivity index (χ0n) is 13.8. The summed E-state index contributed by atoms with van der Waals surface area (Å²) < 4.78 is 27.6. The van der Waals surface area contributed by atoms with Gasteiger partial charge in [-0.1, -0.05) is 24.3 Å². The highest BCUT2D eigenvalue weighted by Gasteiger charge is 2.16. The summed E-state index contributed by atoms with van der Waals surface area (Å²) in [7, 11) is -3.59. The first-order valence-corrected chi connectivity index (χ1v) is 9.35. The topological polar surface area (TPSA) is 71.1 Å². The van der Waals surface area contributed by atoms with Gasteiger partial charge in [-0.05, 0) is 55.0 Å². The largest absolute Gasteiger partial charge is 0.379 e. The Morgan fingerprint density at radius 2 is 1.56 bits per heavy atom. The van der Waals surface area contributed by atoms with E-state index in [1.807, 2.05) is 36.4 Å². The normalized spacial score (nSPS) is 11.1. The summed E-state index contributed by atoms with van der Waals surface area (Å²) in [5.41, 5.74) is 3.06. The van der Waals surface area contributed by atoms with Crippen LogP contribution in [0.15, 0.2) is 77.8 Å². The number of aryl methyl sites for hydroxylation is 1. The number of hydrogen-bond donors (Lipinski definition) is 2. The highest BCUT2D eigenvalue weighted by Crippen LogP contribution is 2.20. The van der Waals surface area contributed by atoms with Gasteiger partial charge >= 0.3 is 0 Å². The average molecular weight is 353 g/mol. The van der Waals surface area contributed by atoms with Crippen LogP contribution in [-0.2, 0) is 16.6 Å². The van der Waals surface area contributed by atoms with E-state index in [-0.39, 0.29) is 4.90 Å². The minimum atomic E-state index is -3.59. The Labute approximate surface area is 147 Å². The van der Waals surface area contributed by atoms with Gasteiger partial charge in [-0.3, -0.25) is 9.71 Å². The van der Waals surface area contributed by atoms with Crippen molar-refractivity contribution < 1.29 is 8.42 Å². The third-order valence-electron chi connectivity index (χ3n) is 3.72. The molecular formula is C19H19N3O2S. The minimum Gasteiger partial charge on any atom is -0.379 e. The first kappa shape index (κ1) is 17.0. The predicted molar refractivity (Wildman–Crippen MR) is 100.0 cm³/mol. The molecule has 0 saturated heterocycles. The summed E-state index contributed by atoms with van der Waals surface area (Å²) in [6.07, 6.45) is 1.75. The van der Waals surface area contributed by atoms with Crippen LogP contribution in [-0.4, -0.2) is 13.4 Å². The van der Waals surface area contributed by atoms with Crippen LogP contribution in [0.25, 0.3) is 0 Å². The molecule has 1 heterocycles. The van der Waals surface area contributed by atoms with Crippen molar-refractivity contribution in [3.63, 3.8) is 0 Å². The van der Waals surface area contributed by atoms with Gasteiger partial charge in [0.05, 0.1) is 17.1 Å². The fraction of sp³-hybridized carbons (Fsp3) is 0.105. The molecule has 0 bridgehead atoms. The molecule has 1 aromatic heterocycles. The summed E-state index contributed by atoms with van der Waals surface area (Å²) in [5.74, 6) is 0. The zero-order chi connectivity index (χ0) is 17.7. The van der Waals surface area contributed by atoms with E-state index in [1.165, 1.54) is 0 Å². The molecule has 128 valence electrons. The molecule has 2 N–H and O–H groups in total. The van der Waals surface area contributed by atoms with Crippen molar-refractivity contribution in [1.82, 2.24) is 4.98 Å². The van der Waals surface area contributed by atoms with Gasteiger partial charge in [-0.15, -0.1) is 0 Å². The number of pyridine rings is 1. The first-order chi connectivity index (χ1) is 12.0. The maximum Gasteiger partial charge on any atom is 0.262 e. The number of anilines is 2. The van der Waals surface area contributed by atoms with E-state index >= 15 is 0 Å². The number of sulfonamides is 1. The fourth-order valence-corrected chi connectivity index (χ4v) is 3.73. The molecule has 5 nitrogen and oxygen atoms in total. The Bertz CT molecular complexity index is 940. The first-order valence-electron chi connectivity index (χ1n) is 7.87. The molecule has 0 unspecified atom stereocenters. The van der Waals surface area contributed by atoms with E-state index in [4.69, 9.17) is 0 Å². The standard InChI is InChI=1S/C19H19N3O2S/c1-15-6-2-3-8-19(15)25(23,24)22-17-11-9-16(10-12-17)21-14-18-7-4-5-13-20-18/h2-13,21-22H,14H2,1H3. The lowest BCUT2D eigenvalue weighted by molar-refractivity contribution is 0.600. The van der Waals surface area contributed by atoms with E-state index in [2.05, 4.69) is 15.0 Å². The van der Waals surface area contributed by atoms with Crippen molar-refractivity contribution in [2.24, 2.45) is 0 Å². The Morgan fingerprint density at radius 1 is 0.880 bits per heavy atom. The van der Waals surface area contributed by atoms with E-state index in [0.29, 0.717) is 17.8 Å². The van der Waals surface area contributed by atoms with Crippen LogP contribution >= 0.6 is 0 Å². The average Bonchev–Trinajstić information content (AvgIpc) is 2.62. The van der Waals surface area contributed by atoms with Gasteiger partial charge in [-0.25, -0.2) is 8.42 Å². The molecule has 25 heavy (non-hydrogen) atoms. The maximum atomic E-state index is 12.5. The minimum absolute atomic E-state index is 0.285. The molecule has 0 amide bonds. The third-order valence-corrected chi connectivity index (χ3v) is 5.26. The van der Waals surface area contributed by atoms with Crippen molar-refractivity contribution in [3.05, 3.63) is 84.2 Å². The predicted octanol–water partition coefficient (Wildman–Crippen LogP) is 3.80. The maximum absolute atomic E-state index is 12.5. The molecule has 0 atom stereocenters. The number of nitrogens with one attached hydrogen (secondary N) is 2. The van der Waals surface area contributed by atoms with Crippen LogP contribution in [0.5, 0.6) is 0 Å². The highest BCUT2D eigenvalue weighted by molar-refractivity contribution is 7.92. The number of hydrogen-bond acceptors (Lipinski definition) is 4. The third kappa shape index (κ3) is 4.36. The van der Waals surface area contributed by atoms with Gasteiger partial charge in [0.2, 0.25) is 0 Å². The molecule has 0 aliphatic rings. The van der Waals surface area contributed by atoms with Crippen LogP contribution in [0.1, 0.15) is 11.3 Å². The molecule has 6 heteroatoms. The lowest BCUT2D eigenvalue weighted by Gasteiger charge is -2.11. The van der Waals surface area contributed by atoms with E-state index in [1.54, 1.807) is 43.5 Å². The van der Waals surface area contributed by atoms with Crippen LogP contribution < -0.4 is 10.0 Å². The van der Waals surface area contributed by atoms with Gasteiger partial charge in [-0.2, -0.15) is 0 Å². The van der Waals surface area contributed by atoms with Gasteiger partial charge in [0, 0.05) is 17.6 Å². The highest BCUT2D eigenvalue weighted by atomic mass is 32.2. The van der Waals surface area contributed by atoms with Crippen molar-refractivity contribution >= 4 is 21.4 Å². The Hall–Kier alpha value is -2.86. The second-order valence-corrected chi connectivity index (χ2v) is 7.27. The summed E-state index contributed by atoms with van der Waals surface area (Å²) in [5, 5.41) is 3.25. The number of benzene rings is 2. The second-order valence-electron chi connectivity index (χ2n) is 5.62. The van der Waals surface area contributed by atoms with Crippen molar-refractivity contribution in [2.45, 2.75) is 18.4 Å². The quantitative estimate of drug-likeness (QED) is 0.707. The lowest BCUT2D eigenvalue weighted by atomic mass is 10.2. The number of rotatable bonds is 6.